The van der Waals surface area contributed by atoms with Crippen molar-refractivity contribution in [3.63, 3.8) is 0 Å². The van der Waals surface area contributed by atoms with Gasteiger partial charge in [-0.3, -0.25) is 9.59 Å². The van der Waals surface area contributed by atoms with Crippen molar-refractivity contribution < 1.29 is 19.1 Å². The van der Waals surface area contributed by atoms with E-state index in [-0.39, 0.29) is 18.1 Å². The highest BCUT2D eigenvalue weighted by molar-refractivity contribution is 7.12. The summed E-state index contributed by atoms with van der Waals surface area (Å²) in [5, 5.41) is 7.28. The number of esters is 1. The number of carbonyl (C=O) groups is 3. The molecule has 0 unspecified atom stereocenters. The average molecular weight is 483 g/mol. The van der Waals surface area contributed by atoms with Crippen LogP contribution in [-0.2, 0) is 16.0 Å². The molecule has 2 N–H and O–H groups in total. The van der Waals surface area contributed by atoms with E-state index < -0.39 is 18.6 Å². The number of fused-ring (bicyclic) bond motifs is 2. The number of rotatable bonds is 8. The van der Waals surface area contributed by atoms with Crippen molar-refractivity contribution in [2.75, 3.05) is 6.61 Å². The molecular weight excluding hydrogens is 460 g/mol. The molecule has 6 nitrogen and oxygen atoms in total. The lowest BCUT2D eigenvalue weighted by atomic mass is 10.0. The first-order valence-electron chi connectivity index (χ1n) is 11.2. The summed E-state index contributed by atoms with van der Waals surface area (Å²) in [4.78, 5) is 42.4. The molecule has 2 heterocycles. The number of ether oxygens (including phenoxy) is 1. The van der Waals surface area contributed by atoms with Crippen LogP contribution < -0.4 is 5.32 Å². The Morgan fingerprint density at radius 3 is 2.49 bits per heavy atom. The van der Waals surface area contributed by atoms with Gasteiger partial charge in [-0.1, -0.05) is 66.7 Å². The summed E-state index contributed by atoms with van der Waals surface area (Å²) in [7, 11) is 0. The molecule has 174 valence electrons. The van der Waals surface area contributed by atoms with Crippen LogP contribution in [0.2, 0.25) is 0 Å². The molecule has 0 saturated heterocycles. The summed E-state index contributed by atoms with van der Waals surface area (Å²) in [6.45, 7) is -0.411. The van der Waals surface area contributed by atoms with E-state index in [1.807, 2.05) is 60.8 Å². The maximum atomic E-state index is 13.1. The van der Waals surface area contributed by atoms with Gasteiger partial charge in [0.2, 0.25) is 5.78 Å². The van der Waals surface area contributed by atoms with E-state index >= 15 is 0 Å². The largest absolute Gasteiger partial charge is 0.456 e. The Labute approximate surface area is 205 Å². The number of ketones is 1. The lowest BCUT2D eigenvalue weighted by Gasteiger charge is -2.17. The van der Waals surface area contributed by atoms with Crippen LogP contribution in [0.25, 0.3) is 21.7 Å². The van der Waals surface area contributed by atoms with Gasteiger partial charge in [-0.15, -0.1) is 11.3 Å². The van der Waals surface area contributed by atoms with E-state index in [2.05, 4.69) is 10.3 Å². The van der Waals surface area contributed by atoms with E-state index in [1.165, 1.54) is 11.3 Å². The fourth-order valence-corrected chi connectivity index (χ4v) is 4.76. The first-order chi connectivity index (χ1) is 17.1. The first kappa shape index (κ1) is 22.6. The zero-order valence-electron chi connectivity index (χ0n) is 18.7. The maximum absolute atomic E-state index is 13.1. The highest BCUT2D eigenvalue weighted by Crippen LogP contribution is 2.21. The standard InChI is InChI=1S/C28H22N2O4S/c31-25(22-11-5-8-18-7-1-2-9-20(18)22)17-34-28(33)24(30-27(32)26-13-6-14-35-26)15-19-16-29-23-12-4-3-10-21(19)23/h1-14,16,24,29H,15,17H2,(H,30,32)/t24-/m0/s1. The van der Waals surface area contributed by atoms with Gasteiger partial charge in [-0.05, 0) is 33.8 Å². The maximum Gasteiger partial charge on any atom is 0.329 e. The van der Waals surface area contributed by atoms with Gasteiger partial charge in [0, 0.05) is 29.1 Å². The number of amides is 1. The van der Waals surface area contributed by atoms with Gasteiger partial charge in [-0.2, -0.15) is 0 Å². The molecule has 35 heavy (non-hydrogen) atoms. The molecule has 5 rings (SSSR count). The number of carbonyl (C=O) groups excluding carboxylic acids is 3. The predicted octanol–water partition coefficient (Wildman–Crippen LogP) is 5.15. The summed E-state index contributed by atoms with van der Waals surface area (Å²) >= 11 is 1.29. The van der Waals surface area contributed by atoms with Gasteiger partial charge >= 0.3 is 5.97 Å². The van der Waals surface area contributed by atoms with Gasteiger partial charge in [0.1, 0.15) is 6.04 Å². The van der Waals surface area contributed by atoms with Crippen molar-refractivity contribution >= 4 is 50.7 Å². The molecule has 0 saturated carbocycles. The van der Waals surface area contributed by atoms with Gasteiger partial charge in [0.05, 0.1) is 4.88 Å². The second-order valence-corrected chi connectivity index (χ2v) is 9.07. The minimum absolute atomic E-state index is 0.225. The van der Waals surface area contributed by atoms with Gasteiger partial charge in [-0.25, -0.2) is 4.79 Å². The minimum Gasteiger partial charge on any atom is -0.456 e. The normalized spacial score (nSPS) is 11.9. The van der Waals surface area contributed by atoms with Crippen LogP contribution in [0.4, 0.5) is 0 Å². The van der Waals surface area contributed by atoms with E-state index in [0.29, 0.717) is 10.4 Å². The highest BCUT2D eigenvalue weighted by atomic mass is 32.1. The van der Waals surface area contributed by atoms with E-state index in [1.54, 1.807) is 29.6 Å². The third-order valence-corrected chi connectivity index (χ3v) is 6.74. The van der Waals surface area contributed by atoms with Gasteiger partial charge in [0.15, 0.2) is 6.61 Å². The molecule has 0 radical (unpaired) electrons. The number of H-pyrrole nitrogens is 1. The Morgan fingerprint density at radius 2 is 1.66 bits per heavy atom. The monoisotopic (exact) mass is 482 g/mol. The SMILES string of the molecule is O=C(N[C@@H](Cc1c[nH]c2ccccc12)C(=O)OCC(=O)c1cccc2ccccc12)c1cccs1. The molecule has 0 aliphatic carbocycles. The van der Waals surface area contributed by atoms with Crippen LogP contribution in [0.15, 0.2) is 90.4 Å². The summed E-state index contributed by atoms with van der Waals surface area (Å²) < 4.78 is 5.44. The van der Waals surface area contributed by atoms with Gasteiger partial charge < -0.3 is 15.0 Å². The molecule has 1 amide bonds. The Hall–Kier alpha value is -4.23. The quantitative estimate of drug-likeness (QED) is 0.237. The van der Waals surface area contributed by atoms with Crippen molar-refractivity contribution in [2.45, 2.75) is 12.5 Å². The summed E-state index contributed by atoms with van der Waals surface area (Å²) in [5.41, 5.74) is 2.30. The van der Waals surface area contributed by atoms with Gasteiger partial charge in [0.25, 0.3) is 5.91 Å². The number of aromatic nitrogens is 1. The van der Waals surface area contributed by atoms with Crippen molar-refractivity contribution in [3.8, 4) is 0 Å². The summed E-state index contributed by atoms with van der Waals surface area (Å²) in [6.07, 6.45) is 2.05. The molecule has 0 aliphatic heterocycles. The highest BCUT2D eigenvalue weighted by Gasteiger charge is 2.26. The first-order valence-corrected chi connectivity index (χ1v) is 12.0. The molecular formula is C28H22N2O4S. The minimum atomic E-state index is -0.955. The topological polar surface area (TPSA) is 88.3 Å². The lowest BCUT2D eigenvalue weighted by Crippen LogP contribution is -2.43. The molecule has 2 aromatic heterocycles. The van der Waals surface area contributed by atoms with Crippen LogP contribution in [0.1, 0.15) is 25.6 Å². The number of Topliss-reactive ketones (excluding diaryl/α,β-unsaturated/α-hetero) is 1. The summed E-state index contributed by atoms with van der Waals surface area (Å²) in [5.74, 6) is -1.32. The van der Waals surface area contributed by atoms with Crippen LogP contribution in [0.3, 0.4) is 0 Å². The van der Waals surface area contributed by atoms with Crippen molar-refractivity contribution in [1.29, 1.82) is 0 Å². The summed E-state index contributed by atoms with van der Waals surface area (Å²) in [6, 6.07) is 23.3. The Morgan fingerprint density at radius 1 is 0.886 bits per heavy atom. The van der Waals surface area contributed by atoms with Crippen LogP contribution in [-0.4, -0.2) is 35.3 Å². The second kappa shape index (κ2) is 9.95. The number of nitrogens with one attached hydrogen (secondary N) is 2. The van der Waals surface area contributed by atoms with Crippen molar-refractivity contribution in [3.05, 3.63) is 106 Å². The number of benzene rings is 3. The number of hydrogen-bond acceptors (Lipinski definition) is 5. The Balaban J connectivity index is 1.34. The predicted molar refractivity (Wildman–Crippen MR) is 137 cm³/mol. The average Bonchev–Trinajstić information content (AvgIpc) is 3.57. The molecule has 0 fully saturated rings. The van der Waals surface area contributed by atoms with E-state index in [4.69, 9.17) is 4.74 Å². The van der Waals surface area contributed by atoms with Crippen molar-refractivity contribution in [2.24, 2.45) is 0 Å². The third kappa shape index (κ3) is 4.85. The molecule has 0 bridgehead atoms. The number of para-hydroxylation sites is 1. The zero-order valence-corrected chi connectivity index (χ0v) is 19.5. The molecule has 5 aromatic rings. The number of thiophene rings is 1. The van der Waals surface area contributed by atoms with Crippen molar-refractivity contribution in [1.82, 2.24) is 10.3 Å². The van der Waals surface area contributed by atoms with E-state index in [0.717, 1.165) is 27.2 Å². The third-order valence-electron chi connectivity index (χ3n) is 5.87. The Kier molecular flexibility index (Phi) is 6.41. The number of aromatic amines is 1. The molecule has 0 spiro atoms. The molecule has 7 heteroatoms. The smallest absolute Gasteiger partial charge is 0.329 e. The van der Waals surface area contributed by atoms with Crippen LogP contribution in [0, 0.1) is 0 Å². The van der Waals surface area contributed by atoms with Crippen LogP contribution >= 0.6 is 11.3 Å². The lowest BCUT2D eigenvalue weighted by molar-refractivity contribution is -0.144. The van der Waals surface area contributed by atoms with Crippen LogP contribution in [0.5, 0.6) is 0 Å². The molecule has 0 aliphatic rings. The number of hydrogen-bond donors (Lipinski definition) is 2. The fourth-order valence-electron chi connectivity index (χ4n) is 4.13. The zero-order chi connectivity index (χ0) is 24.2. The molecule has 3 aromatic carbocycles. The Bertz CT molecular complexity index is 1520. The fraction of sp³-hybridized carbons (Fsp3) is 0.107. The second-order valence-electron chi connectivity index (χ2n) is 8.12. The molecule has 1 atom stereocenters. The van der Waals surface area contributed by atoms with E-state index in [9.17, 15) is 14.4 Å².